The summed E-state index contributed by atoms with van der Waals surface area (Å²) in [6, 6.07) is 0. The van der Waals surface area contributed by atoms with Gasteiger partial charge in [-0.3, -0.25) is 0 Å². The van der Waals surface area contributed by atoms with Crippen LogP contribution in [0.25, 0.3) is 0 Å². The fraction of sp³-hybridized carbons (Fsp3) is 0.700. The minimum atomic E-state index is -0.435. The maximum absolute atomic E-state index is 9.80. The molecule has 0 radical (unpaired) electrons. The second-order valence-electron chi connectivity index (χ2n) is 4.18. The minimum Gasteiger partial charge on any atom is -0.389 e. The fourth-order valence-corrected chi connectivity index (χ4v) is 1.75. The van der Waals surface area contributed by atoms with Crippen molar-refractivity contribution in [2.24, 2.45) is 0 Å². The molecular weight excluding hydrogens is 178 g/mol. The Hall–Kier alpha value is -0.870. The highest BCUT2D eigenvalue weighted by atomic mass is 16.3. The van der Waals surface area contributed by atoms with Gasteiger partial charge in [-0.1, -0.05) is 0 Å². The van der Waals surface area contributed by atoms with Gasteiger partial charge in [-0.25, -0.2) is 4.98 Å². The lowest BCUT2D eigenvalue weighted by Crippen LogP contribution is -2.46. The van der Waals surface area contributed by atoms with E-state index in [9.17, 15) is 5.11 Å². The minimum absolute atomic E-state index is 0.435. The van der Waals surface area contributed by atoms with Crippen LogP contribution < -0.4 is 5.32 Å². The number of imidazole rings is 1. The summed E-state index contributed by atoms with van der Waals surface area (Å²) in [4.78, 5) is 7.25. The maximum atomic E-state index is 9.80. The van der Waals surface area contributed by atoms with E-state index in [0.29, 0.717) is 6.54 Å². The first-order chi connectivity index (χ1) is 6.68. The molecule has 1 fully saturated rings. The molecule has 0 aliphatic heterocycles. The molecule has 0 saturated heterocycles. The van der Waals surface area contributed by atoms with Gasteiger partial charge in [-0.15, -0.1) is 0 Å². The highest BCUT2D eigenvalue weighted by molar-refractivity contribution is 5.00. The molecule has 0 aromatic carbocycles. The summed E-state index contributed by atoms with van der Waals surface area (Å²) in [6.45, 7) is 3.37. The number of aromatic nitrogens is 2. The molecule has 4 heteroatoms. The highest BCUT2D eigenvalue weighted by Crippen LogP contribution is 2.30. The maximum Gasteiger partial charge on any atom is 0.103 e. The Labute approximate surface area is 83.8 Å². The second kappa shape index (κ2) is 3.71. The summed E-state index contributed by atoms with van der Waals surface area (Å²) in [7, 11) is 0. The van der Waals surface area contributed by atoms with Gasteiger partial charge in [0.1, 0.15) is 5.82 Å². The lowest BCUT2D eigenvalue weighted by atomic mass is 9.80. The first-order valence-electron chi connectivity index (χ1n) is 5.12. The molecule has 1 aromatic heterocycles. The molecule has 1 heterocycles. The van der Waals surface area contributed by atoms with Crippen LogP contribution in [0, 0.1) is 6.92 Å². The van der Waals surface area contributed by atoms with Gasteiger partial charge in [0.25, 0.3) is 0 Å². The van der Waals surface area contributed by atoms with Gasteiger partial charge in [0, 0.05) is 25.0 Å². The van der Waals surface area contributed by atoms with Crippen LogP contribution in [0.15, 0.2) is 6.20 Å². The van der Waals surface area contributed by atoms with E-state index >= 15 is 0 Å². The molecule has 4 nitrogen and oxygen atoms in total. The zero-order valence-corrected chi connectivity index (χ0v) is 8.51. The third-order valence-electron chi connectivity index (χ3n) is 2.81. The summed E-state index contributed by atoms with van der Waals surface area (Å²) >= 11 is 0. The van der Waals surface area contributed by atoms with Crippen LogP contribution in [0.3, 0.4) is 0 Å². The topological polar surface area (TPSA) is 60.9 Å². The number of aliphatic hydroxyl groups is 1. The van der Waals surface area contributed by atoms with Gasteiger partial charge in [-0.2, -0.15) is 0 Å². The molecule has 0 amide bonds. The molecule has 1 aromatic rings. The normalized spacial score (nSPS) is 19.3. The smallest absolute Gasteiger partial charge is 0.103 e. The average Bonchev–Trinajstić information content (AvgIpc) is 2.49. The number of nitrogens with one attached hydrogen (secondary N) is 2. The van der Waals surface area contributed by atoms with E-state index in [2.05, 4.69) is 15.3 Å². The number of nitrogens with zero attached hydrogens (tertiary/aromatic N) is 1. The third kappa shape index (κ3) is 2.13. The molecule has 0 bridgehead atoms. The number of hydrogen-bond acceptors (Lipinski definition) is 3. The van der Waals surface area contributed by atoms with Crippen molar-refractivity contribution >= 4 is 0 Å². The number of hydrogen-bond donors (Lipinski definition) is 3. The lowest BCUT2D eigenvalue weighted by Gasteiger charge is -2.36. The first-order valence-corrected chi connectivity index (χ1v) is 5.12. The molecule has 14 heavy (non-hydrogen) atoms. The summed E-state index contributed by atoms with van der Waals surface area (Å²) in [6.07, 6.45) is 4.85. The van der Waals surface area contributed by atoms with Crippen molar-refractivity contribution in [2.75, 3.05) is 6.54 Å². The lowest BCUT2D eigenvalue weighted by molar-refractivity contribution is -0.0315. The van der Waals surface area contributed by atoms with E-state index in [0.717, 1.165) is 37.3 Å². The molecule has 0 atom stereocenters. The van der Waals surface area contributed by atoms with Crippen LogP contribution >= 0.6 is 0 Å². The SMILES string of the molecule is Cc1ncc(CNCC2(O)CCC2)[nH]1. The average molecular weight is 195 g/mol. The van der Waals surface area contributed by atoms with Crippen molar-refractivity contribution in [1.29, 1.82) is 0 Å². The van der Waals surface area contributed by atoms with E-state index < -0.39 is 5.60 Å². The zero-order valence-electron chi connectivity index (χ0n) is 8.51. The quantitative estimate of drug-likeness (QED) is 0.663. The Morgan fingerprint density at radius 2 is 2.43 bits per heavy atom. The molecule has 0 unspecified atom stereocenters. The van der Waals surface area contributed by atoms with Crippen LogP contribution in [-0.4, -0.2) is 27.2 Å². The molecule has 78 valence electrons. The summed E-state index contributed by atoms with van der Waals surface area (Å²) in [5, 5.41) is 13.0. The van der Waals surface area contributed by atoms with Crippen LogP contribution in [-0.2, 0) is 6.54 Å². The highest BCUT2D eigenvalue weighted by Gasteiger charge is 2.33. The van der Waals surface area contributed by atoms with Gasteiger partial charge in [-0.05, 0) is 26.2 Å². The number of H-pyrrole nitrogens is 1. The number of aryl methyl sites for hydroxylation is 1. The Balaban J connectivity index is 1.72. The third-order valence-corrected chi connectivity index (χ3v) is 2.81. The Morgan fingerprint density at radius 1 is 1.64 bits per heavy atom. The molecule has 1 aliphatic rings. The molecule has 3 N–H and O–H groups in total. The van der Waals surface area contributed by atoms with E-state index in [1.165, 1.54) is 0 Å². The molecular formula is C10H17N3O. The van der Waals surface area contributed by atoms with Crippen molar-refractivity contribution in [3.05, 3.63) is 17.7 Å². The van der Waals surface area contributed by atoms with Crippen LogP contribution in [0.4, 0.5) is 0 Å². The summed E-state index contributed by atoms with van der Waals surface area (Å²) < 4.78 is 0. The van der Waals surface area contributed by atoms with Gasteiger partial charge >= 0.3 is 0 Å². The van der Waals surface area contributed by atoms with Crippen LogP contribution in [0.1, 0.15) is 30.8 Å². The van der Waals surface area contributed by atoms with E-state index in [4.69, 9.17) is 0 Å². The Bertz CT molecular complexity index is 304. The fourth-order valence-electron chi connectivity index (χ4n) is 1.75. The monoisotopic (exact) mass is 195 g/mol. The first kappa shape index (κ1) is 9.68. The van der Waals surface area contributed by atoms with Gasteiger partial charge in [0.2, 0.25) is 0 Å². The largest absolute Gasteiger partial charge is 0.389 e. The Morgan fingerprint density at radius 3 is 2.93 bits per heavy atom. The molecule has 0 spiro atoms. The summed E-state index contributed by atoms with van der Waals surface area (Å²) in [5.41, 5.74) is 0.639. The van der Waals surface area contributed by atoms with Gasteiger partial charge in [0.05, 0.1) is 5.60 Å². The predicted molar refractivity (Wildman–Crippen MR) is 53.8 cm³/mol. The molecule has 1 aliphatic carbocycles. The standard InChI is InChI=1S/C10H17N3O/c1-8-12-6-9(13-8)5-11-7-10(14)3-2-4-10/h6,11,14H,2-5,7H2,1H3,(H,12,13). The van der Waals surface area contributed by atoms with Crippen molar-refractivity contribution in [2.45, 2.75) is 38.3 Å². The molecule has 2 rings (SSSR count). The van der Waals surface area contributed by atoms with E-state index in [1.54, 1.807) is 0 Å². The van der Waals surface area contributed by atoms with Gasteiger partial charge < -0.3 is 15.4 Å². The van der Waals surface area contributed by atoms with Crippen molar-refractivity contribution < 1.29 is 5.11 Å². The zero-order chi connectivity index (χ0) is 10.0. The van der Waals surface area contributed by atoms with E-state index in [1.807, 2.05) is 13.1 Å². The molecule has 1 saturated carbocycles. The number of aromatic amines is 1. The van der Waals surface area contributed by atoms with Crippen LogP contribution in [0.5, 0.6) is 0 Å². The van der Waals surface area contributed by atoms with Crippen LogP contribution in [0.2, 0.25) is 0 Å². The number of rotatable bonds is 4. The van der Waals surface area contributed by atoms with Gasteiger partial charge in [0.15, 0.2) is 0 Å². The van der Waals surface area contributed by atoms with E-state index in [-0.39, 0.29) is 0 Å². The van der Waals surface area contributed by atoms with Crippen molar-refractivity contribution in [1.82, 2.24) is 15.3 Å². The predicted octanol–water partition coefficient (Wildman–Crippen LogP) is 0.723. The summed E-state index contributed by atoms with van der Waals surface area (Å²) in [5.74, 6) is 0.934. The second-order valence-corrected chi connectivity index (χ2v) is 4.18. The van der Waals surface area contributed by atoms with Crippen molar-refractivity contribution in [3.8, 4) is 0 Å². The van der Waals surface area contributed by atoms with Crippen molar-refractivity contribution in [3.63, 3.8) is 0 Å². The Kier molecular flexibility index (Phi) is 2.56.